The van der Waals surface area contributed by atoms with Gasteiger partial charge in [0.1, 0.15) is 9.79 Å². The second-order valence-corrected chi connectivity index (χ2v) is 9.46. The molecule has 0 bridgehead atoms. The van der Waals surface area contributed by atoms with Crippen LogP contribution < -0.4 is 0 Å². The van der Waals surface area contributed by atoms with E-state index in [9.17, 15) is 25.9 Å². The Morgan fingerprint density at radius 3 is 1.15 bits per heavy atom. The Morgan fingerprint density at radius 2 is 0.923 bits per heavy atom. The third-order valence-corrected chi connectivity index (χ3v) is 7.37. The molecule has 0 heterocycles. The van der Waals surface area contributed by atoms with Crippen molar-refractivity contribution in [2.75, 3.05) is 0 Å². The molecule has 0 amide bonds. The summed E-state index contributed by atoms with van der Waals surface area (Å²) in [6.45, 7) is 6.52. The Kier molecular flexibility index (Phi) is 5.51. The molecule has 2 aromatic rings. The highest BCUT2D eigenvalue weighted by Crippen LogP contribution is 2.40. The fourth-order valence-electron chi connectivity index (χ4n) is 2.64. The van der Waals surface area contributed by atoms with Crippen LogP contribution in [0, 0.1) is 27.7 Å². The van der Waals surface area contributed by atoms with Crippen LogP contribution in [0.1, 0.15) is 22.3 Å². The predicted molar refractivity (Wildman–Crippen MR) is 100 cm³/mol. The van der Waals surface area contributed by atoms with E-state index in [1.807, 2.05) is 0 Å². The van der Waals surface area contributed by atoms with Crippen molar-refractivity contribution < 1.29 is 25.9 Å². The molecule has 0 aliphatic heterocycles. The minimum atomic E-state index is -4.60. The summed E-state index contributed by atoms with van der Waals surface area (Å²) in [5, 5.41) is -0.237. The van der Waals surface area contributed by atoms with Gasteiger partial charge in [-0.1, -0.05) is 23.2 Å². The van der Waals surface area contributed by atoms with Gasteiger partial charge in [-0.25, -0.2) is 0 Å². The number of rotatable bonds is 3. The molecule has 2 rings (SSSR count). The Morgan fingerprint density at radius 1 is 0.654 bits per heavy atom. The molecule has 26 heavy (non-hydrogen) atoms. The smallest absolute Gasteiger partial charge is 0.282 e. The van der Waals surface area contributed by atoms with E-state index in [0.29, 0.717) is 33.4 Å². The summed E-state index contributed by atoms with van der Waals surface area (Å²) in [4.78, 5) is -0.977. The average molecular weight is 439 g/mol. The summed E-state index contributed by atoms with van der Waals surface area (Å²) < 4.78 is 65.5. The van der Waals surface area contributed by atoms with Crippen molar-refractivity contribution in [3.8, 4) is 11.1 Å². The number of hydrogen-bond donors (Lipinski definition) is 2. The number of halogens is 2. The van der Waals surface area contributed by atoms with Crippen LogP contribution >= 0.6 is 23.2 Å². The van der Waals surface area contributed by atoms with Crippen molar-refractivity contribution >= 4 is 43.4 Å². The maximum absolute atomic E-state index is 11.6. The van der Waals surface area contributed by atoms with Crippen molar-refractivity contribution in [1.29, 1.82) is 0 Å². The molecule has 0 aliphatic carbocycles. The largest absolute Gasteiger partial charge is 0.296 e. The van der Waals surface area contributed by atoms with E-state index in [2.05, 4.69) is 0 Å². The predicted octanol–water partition coefficient (Wildman–Crippen LogP) is 4.39. The molecule has 142 valence electrons. The minimum absolute atomic E-state index is 0.118. The molecule has 0 unspecified atom stereocenters. The number of hydrogen-bond acceptors (Lipinski definition) is 4. The lowest BCUT2D eigenvalue weighted by molar-refractivity contribution is 0.480. The van der Waals surface area contributed by atoms with Gasteiger partial charge in [-0.2, -0.15) is 16.8 Å². The Balaban J connectivity index is 3.03. The van der Waals surface area contributed by atoms with Crippen LogP contribution in [0.3, 0.4) is 0 Å². The second kappa shape index (κ2) is 6.78. The van der Waals surface area contributed by atoms with Gasteiger partial charge in [-0.15, -0.1) is 0 Å². The summed E-state index contributed by atoms with van der Waals surface area (Å²) in [7, 11) is -9.20. The molecule has 0 spiro atoms. The summed E-state index contributed by atoms with van der Waals surface area (Å²) >= 11 is 12.1. The normalized spacial score (nSPS) is 12.5. The summed E-state index contributed by atoms with van der Waals surface area (Å²) in [5.74, 6) is 0. The van der Waals surface area contributed by atoms with Gasteiger partial charge in [0.2, 0.25) is 0 Å². The van der Waals surface area contributed by atoms with Crippen molar-refractivity contribution in [3.63, 3.8) is 0 Å². The topological polar surface area (TPSA) is 109 Å². The molecule has 0 aliphatic rings. The molecule has 0 radical (unpaired) electrons. The minimum Gasteiger partial charge on any atom is -0.282 e. The van der Waals surface area contributed by atoms with Crippen LogP contribution in [0.25, 0.3) is 11.1 Å². The third kappa shape index (κ3) is 3.62. The molecule has 0 atom stereocenters. The first kappa shape index (κ1) is 21.1. The van der Waals surface area contributed by atoms with Gasteiger partial charge in [-0.3, -0.25) is 9.11 Å². The van der Waals surface area contributed by atoms with E-state index in [0.717, 1.165) is 0 Å². The van der Waals surface area contributed by atoms with Crippen LogP contribution in [0.4, 0.5) is 0 Å². The van der Waals surface area contributed by atoms with Crippen LogP contribution in [0.15, 0.2) is 21.9 Å². The third-order valence-electron chi connectivity index (χ3n) is 4.42. The van der Waals surface area contributed by atoms with Crippen molar-refractivity contribution in [1.82, 2.24) is 0 Å². The first-order valence-corrected chi connectivity index (χ1v) is 10.9. The quantitative estimate of drug-likeness (QED) is 0.687. The van der Waals surface area contributed by atoms with E-state index >= 15 is 0 Å². The average Bonchev–Trinajstić information content (AvgIpc) is 2.49. The summed E-state index contributed by atoms with van der Waals surface area (Å²) in [6.07, 6.45) is 0. The number of benzene rings is 2. The van der Waals surface area contributed by atoms with Gasteiger partial charge < -0.3 is 0 Å². The van der Waals surface area contributed by atoms with Crippen LogP contribution in [-0.4, -0.2) is 25.9 Å². The molecular weight excluding hydrogens is 423 g/mol. The zero-order valence-electron chi connectivity index (χ0n) is 14.3. The zero-order valence-corrected chi connectivity index (χ0v) is 17.4. The van der Waals surface area contributed by atoms with E-state index in [1.54, 1.807) is 27.7 Å². The first-order chi connectivity index (χ1) is 11.7. The van der Waals surface area contributed by atoms with Crippen LogP contribution in [0.2, 0.25) is 10.0 Å². The highest BCUT2D eigenvalue weighted by atomic mass is 35.5. The molecule has 0 fully saturated rings. The van der Waals surface area contributed by atoms with Crippen LogP contribution in [0.5, 0.6) is 0 Å². The van der Waals surface area contributed by atoms with Gasteiger partial charge in [0.15, 0.2) is 0 Å². The maximum Gasteiger partial charge on any atom is 0.296 e. The van der Waals surface area contributed by atoms with E-state index in [-0.39, 0.29) is 10.0 Å². The molecular formula is C16H16Cl2O6S2. The standard InChI is InChI=1S/C16H16Cl2O6S2/c1-7-9(3)15(17)13(25(19,20)21)5-11(7)12-6-14(26(22,23)24)16(18)10(4)8(12)2/h5-6H,1-4H3,(H,19,20,21)(H,22,23,24). The van der Waals surface area contributed by atoms with Gasteiger partial charge >= 0.3 is 0 Å². The highest BCUT2D eigenvalue weighted by Gasteiger charge is 2.25. The van der Waals surface area contributed by atoms with Gasteiger partial charge in [0.25, 0.3) is 20.2 Å². The fraction of sp³-hybridized carbons (Fsp3) is 0.250. The van der Waals surface area contributed by atoms with Gasteiger partial charge in [0, 0.05) is 0 Å². The Hall–Kier alpha value is -1.16. The highest BCUT2D eigenvalue weighted by molar-refractivity contribution is 7.86. The molecule has 0 aromatic heterocycles. The fourth-order valence-corrected chi connectivity index (χ4v) is 4.91. The summed E-state index contributed by atoms with van der Waals surface area (Å²) in [5.41, 5.74) is 2.71. The van der Waals surface area contributed by atoms with Crippen molar-refractivity contribution in [2.45, 2.75) is 37.5 Å². The monoisotopic (exact) mass is 438 g/mol. The van der Waals surface area contributed by atoms with E-state index < -0.39 is 30.0 Å². The van der Waals surface area contributed by atoms with Crippen molar-refractivity contribution in [2.24, 2.45) is 0 Å². The first-order valence-electron chi connectivity index (χ1n) is 7.22. The van der Waals surface area contributed by atoms with Gasteiger partial charge in [0.05, 0.1) is 10.0 Å². The lowest BCUT2D eigenvalue weighted by Crippen LogP contribution is -2.06. The molecule has 10 heteroatoms. The molecule has 2 N–H and O–H groups in total. The van der Waals surface area contributed by atoms with E-state index in [1.165, 1.54) is 12.1 Å². The molecule has 6 nitrogen and oxygen atoms in total. The Labute approximate surface area is 162 Å². The second-order valence-electron chi connectivity index (χ2n) is 5.92. The molecule has 0 saturated heterocycles. The lowest BCUT2D eigenvalue weighted by atomic mass is 9.92. The summed E-state index contributed by atoms with van der Waals surface area (Å²) in [6, 6.07) is 2.34. The maximum atomic E-state index is 11.6. The van der Waals surface area contributed by atoms with Crippen LogP contribution in [-0.2, 0) is 20.2 Å². The lowest BCUT2D eigenvalue weighted by Gasteiger charge is -2.18. The van der Waals surface area contributed by atoms with E-state index in [4.69, 9.17) is 23.2 Å². The molecule has 0 saturated carbocycles. The van der Waals surface area contributed by atoms with Crippen molar-refractivity contribution in [3.05, 3.63) is 44.4 Å². The Bertz CT molecular complexity index is 1040. The zero-order chi connectivity index (χ0) is 20.2. The molecule has 2 aromatic carbocycles. The SMILES string of the molecule is Cc1c(-c2cc(S(=O)(=O)O)c(Cl)c(C)c2C)cc(S(=O)(=O)O)c(Cl)c1C. The van der Waals surface area contributed by atoms with Gasteiger partial charge in [-0.05, 0) is 73.2 Å².